The van der Waals surface area contributed by atoms with Gasteiger partial charge >= 0.3 is 0 Å². The first-order valence-corrected chi connectivity index (χ1v) is 4.76. The Kier molecular flexibility index (Phi) is 2.29. The number of hydrogen-bond acceptors (Lipinski definition) is 3. The van der Waals surface area contributed by atoms with Crippen molar-refractivity contribution in [3.63, 3.8) is 0 Å². The van der Waals surface area contributed by atoms with Gasteiger partial charge in [0.2, 0.25) is 0 Å². The number of para-hydroxylation sites is 2. The zero-order valence-electron chi connectivity index (χ0n) is 7.31. The first-order chi connectivity index (χ1) is 6.68. The fourth-order valence-electron chi connectivity index (χ4n) is 1.27. The smallest absolute Gasteiger partial charge is 0.292 e. The van der Waals surface area contributed by atoms with Crippen LogP contribution < -0.4 is 5.32 Å². The third-order valence-corrected chi connectivity index (χ3v) is 2.64. The van der Waals surface area contributed by atoms with Gasteiger partial charge in [0.25, 0.3) is 5.69 Å². The van der Waals surface area contributed by atoms with Crippen LogP contribution in [-0.2, 0) is 0 Å². The Bertz CT molecular complexity index is 370. The summed E-state index contributed by atoms with van der Waals surface area (Å²) >= 11 is 5.80. The monoisotopic (exact) mass is 212 g/mol. The van der Waals surface area contributed by atoms with Crippen molar-refractivity contribution in [3.05, 3.63) is 34.4 Å². The summed E-state index contributed by atoms with van der Waals surface area (Å²) < 4.78 is 0. The van der Waals surface area contributed by atoms with Crippen molar-refractivity contribution >= 4 is 23.0 Å². The Hall–Kier alpha value is -1.29. The van der Waals surface area contributed by atoms with Gasteiger partial charge in [0.05, 0.1) is 10.3 Å². The van der Waals surface area contributed by atoms with E-state index in [1.54, 1.807) is 18.2 Å². The highest BCUT2D eigenvalue weighted by atomic mass is 35.5. The lowest BCUT2D eigenvalue weighted by molar-refractivity contribution is -0.384. The van der Waals surface area contributed by atoms with Crippen LogP contribution in [0.15, 0.2) is 24.3 Å². The van der Waals surface area contributed by atoms with Gasteiger partial charge in [-0.05, 0) is 12.5 Å². The fourth-order valence-corrected chi connectivity index (χ4v) is 1.52. The minimum absolute atomic E-state index is 0.100. The maximum atomic E-state index is 10.6. The molecule has 0 amide bonds. The van der Waals surface area contributed by atoms with Crippen molar-refractivity contribution in [2.75, 3.05) is 5.32 Å². The lowest BCUT2D eigenvalue weighted by Crippen LogP contribution is -2.06. The predicted molar refractivity (Wildman–Crippen MR) is 54.8 cm³/mol. The number of nitro benzene ring substituents is 1. The molecule has 1 aromatic carbocycles. The third-order valence-electron chi connectivity index (χ3n) is 2.15. The van der Waals surface area contributed by atoms with Crippen LogP contribution in [0.25, 0.3) is 0 Å². The van der Waals surface area contributed by atoms with Crippen LogP contribution in [-0.4, -0.2) is 16.3 Å². The minimum atomic E-state index is -0.395. The van der Waals surface area contributed by atoms with E-state index in [2.05, 4.69) is 5.32 Å². The number of alkyl halides is 1. The van der Waals surface area contributed by atoms with Gasteiger partial charge in [-0.15, -0.1) is 11.6 Å². The van der Waals surface area contributed by atoms with Crippen molar-refractivity contribution in [2.45, 2.75) is 17.8 Å². The number of rotatable bonds is 3. The SMILES string of the molecule is O=[N+]([O-])c1ccccc1NC1CC1Cl. The number of nitrogens with one attached hydrogen (secondary N) is 1. The molecule has 1 aliphatic rings. The highest BCUT2D eigenvalue weighted by molar-refractivity contribution is 6.23. The molecule has 2 rings (SSSR count). The second-order valence-electron chi connectivity index (χ2n) is 3.28. The predicted octanol–water partition coefficient (Wildman–Crippen LogP) is 2.39. The Morgan fingerprint density at radius 1 is 1.50 bits per heavy atom. The van der Waals surface area contributed by atoms with E-state index in [9.17, 15) is 10.1 Å². The molecule has 1 fully saturated rings. The molecule has 1 saturated carbocycles. The van der Waals surface area contributed by atoms with E-state index in [-0.39, 0.29) is 17.1 Å². The van der Waals surface area contributed by atoms with E-state index in [1.165, 1.54) is 6.07 Å². The standard InChI is InChI=1S/C9H9ClN2O2/c10-6-5-8(6)11-7-3-1-2-4-9(7)12(13)14/h1-4,6,8,11H,5H2. The average molecular weight is 213 g/mol. The molecule has 74 valence electrons. The van der Waals surface area contributed by atoms with E-state index < -0.39 is 4.92 Å². The molecule has 0 aliphatic heterocycles. The molecule has 0 radical (unpaired) electrons. The van der Waals surface area contributed by atoms with Crippen LogP contribution in [0.3, 0.4) is 0 Å². The molecule has 5 heteroatoms. The topological polar surface area (TPSA) is 55.2 Å². The van der Waals surface area contributed by atoms with E-state index in [0.717, 1.165) is 6.42 Å². The van der Waals surface area contributed by atoms with E-state index in [0.29, 0.717) is 5.69 Å². The molecule has 4 nitrogen and oxygen atoms in total. The van der Waals surface area contributed by atoms with Crippen molar-refractivity contribution in [3.8, 4) is 0 Å². The van der Waals surface area contributed by atoms with Crippen molar-refractivity contribution in [2.24, 2.45) is 0 Å². The Morgan fingerprint density at radius 3 is 2.71 bits per heavy atom. The summed E-state index contributed by atoms with van der Waals surface area (Å²) in [5.74, 6) is 0. The number of nitrogens with zero attached hydrogens (tertiary/aromatic N) is 1. The van der Waals surface area contributed by atoms with Crippen molar-refractivity contribution in [1.29, 1.82) is 0 Å². The van der Waals surface area contributed by atoms with Crippen molar-refractivity contribution < 1.29 is 4.92 Å². The molecule has 0 bridgehead atoms. The van der Waals surface area contributed by atoms with Gasteiger partial charge in [-0.2, -0.15) is 0 Å². The van der Waals surface area contributed by atoms with Gasteiger partial charge in [0.1, 0.15) is 5.69 Å². The molecule has 0 saturated heterocycles. The van der Waals surface area contributed by atoms with Crippen LogP contribution in [0.2, 0.25) is 0 Å². The molecular formula is C9H9ClN2O2. The van der Waals surface area contributed by atoms with Crippen LogP contribution in [0.4, 0.5) is 11.4 Å². The van der Waals surface area contributed by atoms with E-state index >= 15 is 0 Å². The van der Waals surface area contributed by atoms with Crippen LogP contribution in [0, 0.1) is 10.1 Å². The van der Waals surface area contributed by atoms with Gasteiger partial charge in [-0.25, -0.2) is 0 Å². The second kappa shape index (κ2) is 3.46. The van der Waals surface area contributed by atoms with Crippen LogP contribution in [0.5, 0.6) is 0 Å². The second-order valence-corrected chi connectivity index (χ2v) is 3.84. The maximum Gasteiger partial charge on any atom is 0.292 e. The number of halogens is 1. The molecule has 2 unspecified atom stereocenters. The minimum Gasteiger partial charge on any atom is -0.375 e. The molecule has 1 N–H and O–H groups in total. The molecule has 0 aromatic heterocycles. The van der Waals surface area contributed by atoms with Gasteiger partial charge in [0.15, 0.2) is 0 Å². The van der Waals surface area contributed by atoms with Crippen LogP contribution >= 0.6 is 11.6 Å². The first kappa shape index (κ1) is 9.27. The normalized spacial score (nSPS) is 24.4. The zero-order chi connectivity index (χ0) is 10.1. The molecule has 0 heterocycles. The van der Waals surface area contributed by atoms with Crippen molar-refractivity contribution in [1.82, 2.24) is 0 Å². The first-order valence-electron chi connectivity index (χ1n) is 4.32. The highest BCUT2D eigenvalue weighted by Gasteiger charge is 2.36. The fraction of sp³-hybridized carbons (Fsp3) is 0.333. The Labute approximate surface area is 86.0 Å². The lowest BCUT2D eigenvalue weighted by atomic mass is 10.2. The maximum absolute atomic E-state index is 10.6. The zero-order valence-corrected chi connectivity index (χ0v) is 8.07. The number of nitro groups is 1. The largest absolute Gasteiger partial charge is 0.375 e. The van der Waals surface area contributed by atoms with Gasteiger partial charge in [0, 0.05) is 12.1 Å². The molecule has 1 aliphatic carbocycles. The molecule has 1 aromatic rings. The Morgan fingerprint density at radius 2 is 2.14 bits per heavy atom. The summed E-state index contributed by atoms with van der Waals surface area (Å²) in [4.78, 5) is 10.2. The van der Waals surface area contributed by atoms with Gasteiger partial charge in [-0.3, -0.25) is 10.1 Å². The molecule has 14 heavy (non-hydrogen) atoms. The number of anilines is 1. The number of hydrogen-bond donors (Lipinski definition) is 1. The molecule has 0 spiro atoms. The summed E-state index contributed by atoms with van der Waals surface area (Å²) in [6.07, 6.45) is 0.869. The molecule has 2 atom stereocenters. The summed E-state index contributed by atoms with van der Waals surface area (Å²) in [7, 11) is 0. The lowest BCUT2D eigenvalue weighted by Gasteiger charge is -2.04. The van der Waals surface area contributed by atoms with Gasteiger partial charge in [-0.1, -0.05) is 12.1 Å². The summed E-state index contributed by atoms with van der Waals surface area (Å²) in [5, 5.41) is 13.8. The van der Waals surface area contributed by atoms with Gasteiger partial charge < -0.3 is 5.32 Å². The Balaban J connectivity index is 2.19. The van der Waals surface area contributed by atoms with E-state index in [1.807, 2.05) is 0 Å². The highest BCUT2D eigenvalue weighted by Crippen LogP contribution is 2.34. The average Bonchev–Trinajstić information content (AvgIpc) is 2.82. The number of benzene rings is 1. The third kappa shape index (κ3) is 1.80. The van der Waals surface area contributed by atoms with Crippen LogP contribution in [0.1, 0.15) is 6.42 Å². The molecular weight excluding hydrogens is 204 g/mol. The summed E-state index contributed by atoms with van der Waals surface area (Å²) in [6.45, 7) is 0. The quantitative estimate of drug-likeness (QED) is 0.476. The summed E-state index contributed by atoms with van der Waals surface area (Å²) in [5.41, 5.74) is 0.647. The van der Waals surface area contributed by atoms with E-state index in [4.69, 9.17) is 11.6 Å². The summed E-state index contributed by atoms with van der Waals surface area (Å²) in [6, 6.07) is 6.77.